The Morgan fingerprint density at radius 1 is 1.05 bits per heavy atom. The van der Waals surface area contributed by atoms with Crippen LogP contribution in [-0.4, -0.2) is 23.4 Å². The van der Waals surface area contributed by atoms with Gasteiger partial charge in [0.25, 0.3) is 5.91 Å². The van der Waals surface area contributed by atoms with Gasteiger partial charge in [0.15, 0.2) is 0 Å². The third-order valence-electron chi connectivity index (χ3n) is 4.60. The highest BCUT2D eigenvalue weighted by molar-refractivity contribution is 5.94. The van der Waals surface area contributed by atoms with E-state index in [0.717, 1.165) is 19.4 Å². The van der Waals surface area contributed by atoms with Crippen molar-refractivity contribution in [1.82, 2.24) is 4.90 Å². The first kappa shape index (κ1) is 12.6. The molecule has 0 spiro atoms. The van der Waals surface area contributed by atoms with Crippen molar-refractivity contribution in [1.29, 1.82) is 0 Å². The molecule has 1 aromatic carbocycles. The fourth-order valence-corrected chi connectivity index (χ4v) is 3.64. The van der Waals surface area contributed by atoms with Crippen LogP contribution >= 0.6 is 0 Å². The zero-order chi connectivity index (χ0) is 13.2. The maximum absolute atomic E-state index is 12.9. The molecule has 0 radical (unpaired) electrons. The third-order valence-corrected chi connectivity index (χ3v) is 4.60. The molecule has 0 N–H and O–H groups in total. The Kier molecular flexibility index (Phi) is 3.54. The second kappa shape index (κ2) is 5.32. The van der Waals surface area contributed by atoms with E-state index in [1.165, 1.54) is 37.8 Å². The van der Waals surface area contributed by atoms with Crippen LogP contribution in [0.3, 0.4) is 0 Å². The lowest BCUT2D eigenvalue weighted by Gasteiger charge is -2.44. The highest BCUT2D eigenvalue weighted by atomic mass is 19.1. The number of rotatable bonds is 1. The van der Waals surface area contributed by atoms with Crippen LogP contribution in [0.15, 0.2) is 24.3 Å². The normalized spacial score (nSPS) is 26.9. The van der Waals surface area contributed by atoms with E-state index in [1.54, 1.807) is 12.1 Å². The number of amides is 1. The summed E-state index contributed by atoms with van der Waals surface area (Å²) in [5.41, 5.74) is 0.618. The smallest absolute Gasteiger partial charge is 0.254 e. The minimum absolute atomic E-state index is 0.0802. The van der Waals surface area contributed by atoms with Gasteiger partial charge in [0.05, 0.1) is 0 Å². The van der Waals surface area contributed by atoms with Crippen molar-refractivity contribution in [3.05, 3.63) is 35.6 Å². The Labute approximate surface area is 113 Å². The number of halogens is 1. The molecule has 3 rings (SSSR count). The molecule has 1 amide bonds. The molecule has 1 aliphatic carbocycles. The van der Waals surface area contributed by atoms with Gasteiger partial charge in [-0.15, -0.1) is 0 Å². The Balaban J connectivity index is 1.79. The average Bonchev–Trinajstić information content (AvgIpc) is 2.47. The van der Waals surface area contributed by atoms with Gasteiger partial charge >= 0.3 is 0 Å². The molecular formula is C16H20FNO. The van der Waals surface area contributed by atoms with Gasteiger partial charge in [-0.3, -0.25) is 4.79 Å². The minimum Gasteiger partial charge on any atom is -0.335 e. The van der Waals surface area contributed by atoms with E-state index >= 15 is 0 Å². The predicted molar refractivity (Wildman–Crippen MR) is 72.4 cm³/mol. The number of carbonyl (C=O) groups is 1. The highest BCUT2D eigenvalue weighted by Gasteiger charge is 2.35. The van der Waals surface area contributed by atoms with Crippen LogP contribution < -0.4 is 0 Å². The van der Waals surface area contributed by atoms with Gasteiger partial charge in [-0.2, -0.15) is 0 Å². The van der Waals surface area contributed by atoms with E-state index in [1.807, 2.05) is 4.90 Å². The first-order valence-electron chi connectivity index (χ1n) is 7.32. The lowest BCUT2D eigenvalue weighted by molar-refractivity contribution is 0.0390. The highest BCUT2D eigenvalue weighted by Crippen LogP contribution is 2.35. The number of benzene rings is 1. The first-order chi connectivity index (χ1) is 9.25. The molecule has 2 nitrogen and oxygen atoms in total. The second-order valence-electron chi connectivity index (χ2n) is 5.76. The standard InChI is InChI=1S/C16H20FNO/c17-14-9-7-13(8-10-14)16(19)18-11-3-5-12-4-1-2-6-15(12)18/h7-10,12,15H,1-6,11H2. The minimum atomic E-state index is -0.286. The summed E-state index contributed by atoms with van der Waals surface area (Å²) in [6, 6.07) is 6.36. The monoisotopic (exact) mass is 261 g/mol. The first-order valence-corrected chi connectivity index (χ1v) is 7.32. The van der Waals surface area contributed by atoms with E-state index in [0.29, 0.717) is 17.5 Å². The van der Waals surface area contributed by atoms with Crippen molar-refractivity contribution in [3.63, 3.8) is 0 Å². The summed E-state index contributed by atoms with van der Waals surface area (Å²) >= 11 is 0. The lowest BCUT2D eigenvalue weighted by Crippen LogP contribution is -2.49. The Morgan fingerprint density at radius 2 is 1.74 bits per heavy atom. The van der Waals surface area contributed by atoms with E-state index < -0.39 is 0 Å². The molecule has 2 fully saturated rings. The maximum atomic E-state index is 12.9. The molecule has 1 saturated heterocycles. The summed E-state index contributed by atoms with van der Waals surface area (Å²) in [4.78, 5) is 14.6. The molecule has 2 unspecified atom stereocenters. The molecule has 0 bridgehead atoms. The maximum Gasteiger partial charge on any atom is 0.254 e. The van der Waals surface area contributed by atoms with Crippen LogP contribution in [0.5, 0.6) is 0 Å². The fraction of sp³-hybridized carbons (Fsp3) is 0.562. The van der Waals surface area contributed by atoms with E-state index in [4.69, 9.17) is 0 Å². The molecule has 1 saturated carbocycles. The van der Waals surface area contributed by atoms with Gasteiger partial charge in [-0.1, -0.05) is 12.8 Å². The van der Waals surface area contributed by atoms with Crippen LogP contribution in [-0.2, 0) is 0 Å². The van der Waals surface area contributed by atoms with Crippen LogP contribution in [0.1, 0.15) is 48.9 Å². The SMILES string of the molecule is O=C(c1ccc(F)cc1)N1CCCC2CCCCC21. The van der Waals surface area contributed by atoms with E-state index in [-0.39, 0.29) is 11.7 Å². The molecule has 0 aromatic heterocycles. The number of carbonyl (C=O) groups excluding carboxylic acids is 1. The zero-order valence-corrected chi connectivity index (χ0v) is 11.1. The van der Waals surface area contributed by atoms with Crippen LogP contribution in [0.4, 0.5) is 4.39 Å². The summed E-state index contributed by atoms with van der Waals surface area (Å²) in [7, 11) is 0. The quantitative estimate of drug-likeness (QED) is 0.756. The third kappa shape index (κ3) is 2.51. The van der Waals surface area contributed by atoms with Gasteiger partial charge in [0.2, 0.25) is 0 Å². The molecule has 19 heavy (non-hydrogen) atoms. The van der Waals surface area contributed by atoms with Crippen molar-refractivity contribution in [3.8, 4) is 0 Å². The van der Waals surface area contributed by atoms with Crippen molar-refractivity contribution in [2.24, 2.45) is 5.92 Å². The summed E-state index contributed by atoms with van der Waals surface area (Å²) in [5, 5.41) is 0. The van der Waals surface area contributed by atoms with Crippen LogP contribution in [0.25, 0.3) is 0 Å². The molecule has 1 aromatic rings. The molecule has 102 valence electrons. The number of likely N-dealkylation sites (tertiary alicyclic amines) is 1. The lowest BCUT2D eigenvalue weighted by atomic mass is 9.78. The fourth-order valence-electron chi connectivity index (χ4n) is 3.64. The van der Waals surface area contributed by atoms with Crippen molar-refractivity contribution in [2.75, 3.05) is 6.54 Å². The molecule has 2 atom stereocenters. The molecule has 1 heterocycles. The summed E-state index contributed by atoms with van der Waals surface area (Å²) < 4.78 is 12.9. The summed E-state index contributed by atoms with van der Waals surface area (Å²) in [6.45, 7) is 0.859. The molecule has 3 heteroatoms. The number of piperidine rings is 1. The van der Waals surface area contributed by atoms with Gasteiger partial charge in [0, 0.05) is 18.2 Å². The van der Waals surface area contributed by atoms with E-state index in [9.17, 15) is 9.18 Å². The predicted octanol–water partition coefficient (Wildman–Crippen LogP) is 3.62. The number of hydrogen-bond acceptors (Lipinski definition) is 1. The summed E-state index contributed by atoms with van der Waals surface area (Å²) in [6.07, 6.45) is 7.30. The molecular weight excluding hydrogens is 241 g/mol. The largest absolute Gasteiger partial charge is 0.335 e. The van der Waals surface area contributed by atoms with Gasteiger partial charge in [-0.05, 0) is 55.9 Å². The van der Waals surface area contributed by atoms with Gasteiger partial charge in [0.1, 0.15) is 5.82 Å². The number of hydrogen-bond donors (Lipinski definition) is 0. The van der Waals surface area contributed by atoms with Crippen molar-refractivity contribution >= 4 is 5.91 Å². The van der Waals surface area contributed by atoms with Crippen molar-refractivity contribution in [2.45, 2.75) is 44.6 Å². The summed E-state index contributed by atoms with van der Waals surface area (Å²) in [5.74, 6) is 0.481. The molecule has 2 aliphatic rings. The number of nitrogens with zero attached hydrogens (tertiary/aromatic N) is 1. The zero-order valence-electron chi connectivity index (χ0n) is 11.1. The van der Waals surface area contributed by atoms with Crippen LogP contribution in [0.2, 0.25) is 0 Å². The second-order valence-corrected chi connectivity index (χ2v) is 5.76. The molecule has 1 aliphatic heterocycles. The Morgan fingerprint density at radius 3 is 2.53 bits per heavy atom. The van der Waals surface area contributed by atoms with Crippen molar-refractivity contribution < 1.29 is 9.18 Å². The Hall–Kier alpha value is -1.38. The van der Waals surface area contributed by atoms with E-state index in [2.05, 4.69) is 0 Å². The number of fused-ring (bicyclic) bond motifs is 1. The van der Waals surface area contributed by atoms with Crippen LogP contribution in [0, 0.1) is 11.7 Å². The Bertz CT molecular complexity index is 454. The van der Waals surface area contributed by atoms with Gasteiger partial charge in [-0.25, -0.2) is 4.39 Å². The topological polar surface area (TPSA) is 20.3 Å². The average molecular weight is 261 g/mol. The van der Waals surface area contributed by atoms with Gasteiger partial charge < -0.3 is 4.90 Å².